The minimum absolute atomic E-state index is 0.0160. The van der Waals surface area contributed by atoms with Crippen LogP contribution in [0.15, 0.2) is 17.0 Å². The summed E-state index contributed by atoms with van der Waals surface area (Å²) in [5.41, 5.74) is 7.38. The molecule has 0 spiro atoms. The second kappa shape index (κ2) is 6.71. The molecule has 0 aromatic heterocycles. The Morgan fingerprint density at radius 3 is 2.60 bits per heavy atom. The van der Waals surface area contributed by atoms with Crippen molar-refractivity contribution in [1.29, 1.82) is 0 Å². The van der Waals surface area contributed by atoms with Crippen molar-refractivity contribution in [3.8, 4) is 0 Å². The second-order valence-corrected chi connectivity index (χ2v) is 6.08. The van der Waals surface area contributed by atoms with Gasteiger partial charge in [-0.15, -0.1) is 0 Å². The summed E-state index contributed by atoms with van der Waals surface area (Å²) < 4.78 is 31.5. The molecule has 112 valence electrons. The van der Waals surface area contributed by atoms with Crippen LogP contribution in [0.5, 0.6) is 0 Å². The van der Waals surface area contributed by atoms with Gasteiger partial charge in [0.05, 0.1) is 18.7 Å². The largest absolute Gasteiger partial charge is 0.466 e. The average Bonchev–Trinajstić information content (AvgIpc) is 2.34. The van der Waals surface area contributed by atoms with Crippen molar-refractivity contribution >= 4 is 21.7 Å². The molecule has 7 heteroatoms. The van der Waals surface area contributed by atoms with Gasteiger partial charge in [0.2, 0.25) is 10.0 Å². The van der Waals surface area contributed by atoms with E-state index in [-0.39, 0.29) is 30.2 Å². The van der Waals surface area contributed by atoms with Crippen molar-refractivity contribution in [2.75, 3.05) is 18.9 Å². The lowest BCUT2D eigenvalue weighted by Crippen LogP contribution is -2.28. The van der Waals surface area contributed by atoms with Crippen LogP contribution in [0.2, 0.25) is 0 Å². The van der Waals surface area contributed by atoms with Gasteiger partial charge in [-0.25, -0.2) is 13.1 Å². The Labute approximate surface area is 119 Å². The van der Waals surface area contributed by atoms with E-state index >= 15 is 0 Å². The van der Waals surface area contributed by atoms with Crippen LogP contribution in [0.3, 0.4) is 0 Å². The lowest BCUT2D eigenvalue weighted by atomic mass is 10.1. The minimum Gasteiger partial charge on any atom is -0.466 e. The number of nitrogen functional groups attached to an aromatic ring is 1. The normalized spacial score (nSPS) is 11.3. The second-order valence-electron chi connectivity index (χ2n) is 4.38. The first-order valence-corrected chi connectivity index (χ1v) is 7.79. The third-order valence-electron chi connectivity index (χ3n) is 2.90. The van der Waals surface area contributed by atoms with E-state index in [1.54, 1.807) is 26.0 Å². The molecule has 0 atom stereocenters. The van der Waals surface area contributed by atoms with Crippen molar-refractivity contribution in [1.82, 2.24) is 4.72 Å². The van der Waals surface area contributed by atoms with E-state index in [4.69, 9.17) is 10.5 Å². The van der Waals surface area contributed by atoms with Crippen LogP contribution in [-0.2, 0) is 19.6 Å². The van der Waals surface area contributed by atoms with Crippen LogP contribution in [0.1, 0.15) is 24.5 Å². The number of esters is 1. The molecule has 0 saturated carbocycles. The fraction of sp³-hybridized carbons (Fsp3) is 0.462. The molecule has 0 saturated heterocycles. The first-order valence-electron chi connectivity index (χ1n) is 6.30. The molecule has 6 nitrogen and oxygen atoms in total. The molecule has 0 unspecified atom stereocenters. The predicted octanol–water partition coefficient (Wildman–Crippen LogP) is 1.12. The fourth-order valence-electron chi connectivity index (χ4n) is 1.76. The Kier molecular flexibility index (Phi) is 5.52. The third-order valence-corrected chi connectivity index (χ3v) is 4.57. The van der Waals surface area contributed by atoms with Crippen molar-refractivity contribution in [3.63, 3.8) is 0 Å². The zero-order chi connectivity index (χ0) is 15.3. The summed E-state index contributed by atoms with van der Waals surface area (Å²) in [4.78, 5) is 11.2. The summed E-state index contributed by atoms with van der Waals surface area (Å²) >= 11 is 0. The van der Waals surface area contributed by atoms with E-state index in [2.05, 4.69) is 4.72 Å². The van der Waals surface area contributed by atoms with Gasteiger partial charge in [0.15, 0.2) is 0 Å². The van der Waals surface area contributed by atoms with Gasteiger partial charge >= 0.3 is 5.97 Å². The SMILES string of the molecule is CCOC(=O)CCNS(=O)(=O)c1c(N)ccc(C)c1C. The topological polar surface area (TPSA) is 98.5 Å². The van der Waals surface area contributed by atoms with Gasteiger partial charge in [-0.2, -0.15) is 0 Å². The molecule has 0 amide bonds. The lowest BCUT2D eigenvalue weighted by Gasteiger charge is -2.13. The minimum atomic E-state index is -3.74. The number of sulfonamides is 1. The molecule has 20 heavy (non-hydrogen) atoms. The summed E-state index contributed by atoms with van der Waals surface area (Å²) in [5.74, 6) is -0.441. The van der Waals surface area contributed by atoms with E-state index in [1.807, 2.05) is 6.92 Å². The Balaban J connectivity index is 2.85. The summed E-state index contributed by atoms with van der Waals surface area (Å²) in [6.45, 7) is 5.46. The highest BCUT2D eigenvalue weighted by Gasteiger charge is 2.21. The summed E-state index contributed by atoms with van der Waals surface area (Å²) in [7, 11) is -3.74. The van der Waals surface area contributed by atoms with E-state index in [1.165, 1.54) is 0 Å². The third kappa shape index (κ3) is 3.94. The van der Waals surface area contributed by atoms with Crippen LogP contribution < -0.4 is 10.5 Å². The molecular formula is C13H20N2O4S. The van der Waals surface area contributed by atoms with E-state index in [0.717, 1.165) is 5.56 Å². The predicted molar refractivity (Wildman–Crippen MR) is 76.8 cm³/mol. The van der Waals surface area contributed by atoms with Crippen molar-refractivity contribution in [2.45, 2.75) is 32.1 Å². The molecule has 0 aliphatic heterocycles. The number of aryl methyl sites for hydroxylation is 1. The fourth-order valence-corrected chi connectivity index (χ4v) is 3.22. The number of carbonyl (C=O) groups is 1. The van der Waals surface area contributed by atoms with E-state index in [0.29, 0.717) is 5.56 Å². The maximum atomic E-state index is 12.2. The highest BCUT2D eigenvalue weighted by molar-refractivity contribution is 7.89. The zero-order valence-corrected chi connectivity index (χ0v) is 12.7. The van der Waals surface area contributed by atoms with Crippen molar-refractivity contribution in [3.05, 3.63) is 23.3 Å². The van der Waals surface area contributed by atoms with Crippen LogP contribution >= 0.6 is 0 Å². The first kappa shape index (κ1) is 16.5. The lowest BCUT2D eigenvalue weighted by molar-refractivity contribution is -0.142. The quantitative estimate of drug-likeness (QED) is 0.606. The molecule has 1 rings (SSSR count). The van der Waals surface area contributed by atoms with Gasteiger partial charge in [0, 0.05) is 6.54 Å². The number of hydrogen-bond donors (Lipinski definition) is 2. The molecule has 0 fully saturated rings. The van der Waals surface area contributed by atoms with E-state index in [9.17, 15) is 13.2 Å². The molecular weight excluding hydrogens is 280 g/mol. The number of carbonyl (C=O) groups excluding carboxylic acids is 1. The van der Waals surface area contributed by atoms with Gasteiger partial charge < -0.3 is 10.5 Å². The van der Waals surface area contributed by atoms with Gasteiger partial charge in [-0.05, 0) is 38.0 Å². The maximum Gasteiger partial charge on any atom is 0.307 e. The number of hydrogen-bond acceptors (Lipinski definition) is 5. The molecule has 0 aliphatic rings. The smallest absolute Gasteiger partial charge is 0.307 e. The van der Waals surface area contributed by atoms with Crippen LogP contribution in [0.25, 0.3) is 0 Å². The van der Waals surface area contributed by atoms with Gasteiger partial charge in [0.25, 0.3) is 0 Å². The van der Waals surface area contributed by atoms with Crippen molar-refractivity contribution in [2.24, 2.45) is 0 Å². The summed E-state index contributed by atoms with van der Waals surface area (Å²) in [5, 5.41) is 0. The van der Waals surface area contributed by atoms with Crippen LogP contribution in [-0.4, -0.2) is 27.5 Å². The standard InChI is InChI=1S/C13H20N2O4S/c1-4-19-12(16)7-8-15-20(17,18)13-10(3)9(2)5-6-11(13)14/h5-6,15H,4,7-8,14H2,1-3H3. The van der Waals surface area contributed by atoms with Gasteiger partial charge in [-0.3, -0.25) is 4.79 Å². The zero-order valence-electron chi connectivity index (χ0n) is 11.9. The molecule has 0 heterocycles. The monoisotopic (exact) mass is 300 g/mol. The van der Waals surface area contributed by atoms with Crippen molar-refractivity contribution < 1.29 is 17.9 Å². The number of nitrogens with one attached hydrogen (secondary N) is 1. The molecule has 3 N–H and O–H groups in total. The molecule has 0 aliphatic carbocycles. The number of benzene rings is 1. The molecule has 0 radical (unpaired) electrons. The number of nitrogens with two attached hydrogens (primary N) is 1. The molecule has 1 aromatic carbocycles. The Hall–Kier alpha value is -1.60. The maximum absolute atomic E-state index is 12.2. The van der Waals surface area contributed by atoms with Crippen LogP contribution in [0, 0.1) is 13.8 Å². The van der Waals surface area contributed by atoms with Crippen LogP contribution in [0.4, 0.5) is 5.69 Å². The highest BCUT2D eigenvalue weighted by Crippen LogP contribution is 2.24. The number of rotatable bonds is 6. The molecule has 0 bridgehead atoms. The first-order chi connectivity index (χ1) is 9.29. The van der Waals surface area contributed by atoms with Gasteiger partial charge in [0.1, 0.15) is 4.90 Å². The highest BCUT2D eigenvalue weighted by atomic mass is 32.2. The Morgan fingerprint density at radius 1 is 1.35 bits per heavy atom. The summed E-state index contributed by atoms with van der Waals surface area (Å²) in [6.07, 6.45) is -0.0160. The van der Waals surface area contributed by atoms with E-state index < -0.39 is 16.0 Å². The number of anilines is 1. The average molecular weight is 300 g/mol. The Bertz CT molecular complexity index is 597. The molecule has 1 aromatic rings. The number of ether oxygens (including phenoxy) is 1. The Morgan fingerprint density at radius 2 is 2.00 bits per heavy atom. The van der Waals surface area contributed by atoms with Gasteiger partial charge in [-0.1, -0.05) is 6.07 Å². The summed E-state index contributed by atoms with van der Waals surface area (Å²) in [6, 6.07) is 3.32.